The van der Waals surface area contributed by atoms with Crippen LogP contribution in [0.1, 0.15) is 51.2 Å². The highest BCUT2D eigenvalue weighted by atomic mass is 32.2. The van der Waals surface area contributed by atoms with Gasteiger partial charge in [0.25, 0.3) is 0 Å². The molecular formula is C71H112N14O27S2. The minimum absolute atomic E-state index is 0.0475. The summed E-state index contributed by atoms with van der Waals surface area (Å²) in [6.07, 6.45) is -0.983. The molecule has 0 radical (unpaired) electrons. The number of phenolic OH excluding ortho intramolecular Hbond substituents is 1. The zero-order chi connectivity index (χ0) is 82.3. The molecule has 17 N–H and O–H groups in total. The molecule has 5 aliphatic heterocycles. The number of rotatable bonds is 47. The molecule has 0 saturated carbocycles. The Morgan fingerprint density at radius 3 is 1.75 bits per heavy atom. The number of aromatic amines is 1. The van der Waals surface area contributed by atoms with Gasteiger partial charge in [0, 0.05) is 76.8 Å². The standard InChI is InChI=1S/C71H112N14O27S2/c1-4-44(2)62-68(98)74-36-58(91)75-53-43-114(101)70-49(34-51(65(95)73-37-59(92)78-62)76-69(99)63(45(3)56(89)41-86)79-67(97)54-33-47(87)40-84(54)71(100)52(35-57(72)90)77-66(53)96)48-5-6-55(88)50(64(48)80-70)42-113-32-31-112-30-29-111-28-27-110-26-25-109-24-23-108-22-21-107-20-19-106-18-17-105-16-15-104-14-13-103-12-11-102-10-9-83-38-46(81-82-83)39-85-60(93)7-8-61(85)94/h5-8,38,44-45,47,51-54,56,60,62-63,80-82,86-89,93H,4,9-37,39-43H2,1-3H3,(H2,72,90)(H,73,95)(H,74,98)(H,75,91)(H,76,99)(H,77,96)(H,78,92)(H,79,97)/t44-,45-,47+,51-,52?,53-,54-,56-,60?,62-,63-,114?/m0/s1. The number of nitrogens with one attached hydrogen (secondary N) is 10. The first-order chi connectivity index (χ1) is 55.0. The molecule has 0 spiro atoms. The molecule has 3 unspecified atom stereocenters. The molecule has 0 aliphatic carbocycles. The molecule has 1 fully saturated rings. The van der Waals surface area contributed by atoms with Crippen LogP contribution in [0.25, 0.3) is 10.9 Å². The predicted molar refractivity (Wildman–Crippen MR) is 405 cm³/mol. The van der Waals surface area contributed by atoms with E-state index in [-0.39, 0.29) is 70.8 Å². The lowest BCUT2D eigenvalue weighted by atomic mass is 9.93. The number of benzene rings is 1. The van der Waals surface area contributed by atoms with E-state index in [2.05, 4.69) is 53.2 Å². The smallest absolute Gasteiger partial charge is 0.249 e. The molecule has 12 atom stereocenters. The lowest BCUT2D eigenvalue weighted by Crippen LogP contribution is -2.62. The summed E-state index contributed by atoms with van der Waals surface area (Å²) < 4.78 is 76.7. The van der Waals surface area contributed by atoms with Crippen LogP contribution in [0.5, 0.6) is 5.75 Å². The molecule has 7 rings (SSSR count). The number of aliphatic hydroxyl groups is 4. The number of carbonyl (C=O) groups excluding carboxylic acids is 10. The van der Waals surface area contributed by atoms with Crippen molar-refractivity contribution < 1.29 is 130 Å². The summed E-state index contributed by atoms with van der Waals surface area (Å²) >= 11 is -1.15. The first-order valence-corrected chi connectivity index (χ1v) is 40.4. The number of nitrogens with two attached hydrogens (primary N) is 1. The van der Waals surface area contributed by atoms with Gasteiger partial charge in [-0.15, -0.1) is 5.53 Å². The summed E-state index contributed by atoms with van der Waals surface area (Å²) in [5, 5.41) is 72.5. The quantitative estimate of drug-likeness (QED) is 0.0216. The minimum atomic E-state index is -2.49. The summed E-state index contributed by atoms with van der Waals surface area (Å²) in [7, 11) is 0. The molecule has 1 aromatic heterocycles. The van der Waals surface area contributed by atoms with E-state index in [9.17, 15) is 73.5 Å². The van der Waals surface area contributed by atoms with Gasteiger partial charge >= 0.3 is 0 Å². The van der Waals surface area contributed by atoms with Gasteiger partial charge in [0.2, 0.25) is 64.1 Å². The fourth-order valence-corrected chi connectivity index (χ4v) is 14.4. The highest BCUT2D eigenvalue weighted by Gasteiger charge is 2.46. The van der Waals surface area contributed by atoms with Crippen LogP contribution in [0.2, 0.25) is 0 Å². The third-order valence-electron chi connectivity index (χ3n) is 18.6. The Balaban J connectivity index is 0.807. The number of primary amides is 1. The van der Waals surface area contributed by atoms with E-state index in [0.717, 1.165) is 10.6 Å². The van der Waals surface area contributed by atoms with Gasteiger partial charge in [0.15, 0.2) is 6.04 Å². The van der Waals surface area contributed by atoms with Gasteiger partial charge < -0.3 is 145 Å². The number of hydrogen-bond donors (Lipinski definition) is 16. The normalized spacial score (nSPS) is 23.1. The molecule has 6 heterocycles. The van der Waals surface area contributed by atoms with Crippen molar-refractivity contribution in [2.75, 3.05) is 196 Å². The monoisotopic (exact) mass is 1660 g/mol. The van der Waals surface area contributed by atoms with Crippen LogP contribution in [0.3, 0.4) is 0 Å². The number of amides is 10. The Kier molecular flexibility index (Phi) is 41.6. The first kappa shape index (κ1) is 93.5. The van der Waals surface area contributed by atoms with E-state index >= 15 is 4.55 Å². The maximum absolute atomic E-state index is 15.3. The number of nitrogens with zero attached hydrogens (tertiary/aromatic N) is 3. The number of ether oxygens (including phenoxy) is 11. The first-order valence-electron chi connectivity index (χ1n) is 37.9. The maximum atomic E-state index is 15.3. The molecule has 43 heteroatoms. The van der Waals surface area contributed by atoms with Crippen molar-refractivity contribution in [1.29, 1.82) is 0 Å². The van der Waals surface area contributed by atoms with Crippen LogP contribution in [0, 0.1) is 11.8 Å². The molecule has 2 bridgehead atoms. The van der Waals surface area contributed by atoms with E-state index in [1.165, 1.54) is 47.9 Å². The molecule has 2 aromatic rings. The van der Waals surface area contributed by atoms with E-state index in [1.807, 2.05) is 6.20 Å². The average molecular weight is 1660 g/mol. The highest BCUT2D eigenvalue weighted by Crippen LogP contribution is 2.36. The number of hydrazine groups is 2. The number of aromatic nitrogens is 1. The largest absolute Gasteiger partial charge is 0.610 e. The van der Waals surface area contributed by atoms with Crippen LogP contribution in [-0.2, 0) is 123 Å². The highest BCUT2D eigenvalue weighted by molar-refractivity contribution is 7.98. The number of aliphatic hydroxyl groups excluding tert-OH is 4. The lowest BCUT2D eigenvalue weighted by Gasteiger charge is -2.32. The number of aromatic hydroxyl groups is 1. The summed E-state index contributed by atoms with van der Waals surface area (Å²) in [6.45, 7) is 10.7. The van der Waals surface area contributed by atoms with Crippen LogP contribution in [0.15, 0.2) is 41.2 Å². The van der Waals surface area contributed by atoms with Crippen LogP contribution < -0.4 is 53.9 Å². The number of H-pyrrole nitrogens is 1. The number of fused-ring (bicyclic) bond motifs is 5. The van der Waals surface area contributed by atoms with Crippen molar-refractivity contribution in [3.05, 3.63) is 47.3 Å². The van der Waals surface area contributed by atoms with Crippen molar-refractivity contribution in [2.24, 2.45) is 17.6 Å². The van der Waals surface area contributed by atoms with Crippen molar-refractivity contribution in [3.63, 3.8) is 0 Å². The summed E-state index contributed by atoms with van der Waals surface area (Å²) in [4.78, 5) is 144. The van der Waals surface area contributed by atoms with Crippen molar-refractivity contribution in [2.45, 2.75) is 112 Å². The molecule has 5 aliphatic rings. The fraction of sp³-hybridized carbons (Fsp3) is 0.690. The zero-order valence-electron chi connectivity index (χ0n) is 64.4. The Bertz CT molecular complexity index is 3480. The Morgan fingerprint density at radius 1 is 0.667 bits per heavy atom. The number of hydrogen-bond acceptors (Lipinski definition) is 31. The minimum Gasteiger partial charge on any atom is -0.610 e. The maximum Gasteiger partial charge on any atom is 0.249 e. The SMILES string of the molecule is CC[C@H](C)[C@@H]1NC(=O)CNC(=O)[C@@H]2Cc3c([nH]c4c(CSCCOCCOCCOCCOCCOCCOCCOCCOCCOCCOCCOCCN5C=C(CN6C(=O)C=CC6O)NN5)c(O)ccc34)[S+]([O-])C[C@H](NC(=O)CNC1=O)C(=O)NC(CC(N)=O)C(=O)N1C[C@H](O)C[C@H]1C(=O)N[C@@H]([C@@H](C)[C@@H](O)CO)C(=O)N2. The van der Waals surface area contributed by atoms with Gasteiger partial charge in [-0.2, -0.15) is 11.8 Å². The Labute approximate surface area is 666 Å². The van der Waals surface area contributed by atoms with E-state index in [4.69, 9.17) is 57.8 Å². The molecular weight excluding hydrogens is 1540 g/mol. The second-order valence-electron chi connectivity index (χ2n) is 27.0. The van der Waals surface area contributed by atoms with Crippen LogP contribution >= 0.6 is 11.8 Å². The van der Waals surface area contributed by atoms with Gasteiger partial charge in [-0.05, 0) is 24.1 Å². The summed E-state index contributed by atoms with van der Waals surface area (Å²) in [5.74, 6) is -12.2. The van der Waals surface area contributed by atoms with Gasteiger partial charge in [-0.3, -0.25) is 53.0 Å². The summed E-state index contributed by atoms with van der Waals surface area (Å²) in [6, 6.07) is -7.50. The number of thioether (sulfide) groups is 1. The second kappa shape index (κ2) is 50.8. The van der Waals surface area contributed by atoms with Crippen LogP contribution in [-0.4, -0.2) is 360 Å². The molecule has 640 valence electrons. The lowest BCUT2D eigenvalue weighted by molar-refractivity contribution is -0.144. The number of phenols is 1. The number of carbonyl (C=O) groups is 10. The Hall–Kier alpha value is -7.64. The van der Waals surface area contributed by atoms with Crippen molar-refractivity contribution in [1.82, 2.24) is 68.0 Å². The van der Waals surface area contributed by atoms with E-state index < -0.39 is 182 Å². The molecule has 10 amide bonds. The fourth-order valence-electron chi connectivity index (χ4n) is 12.2. The third-order valence-corrected chi connectivity index (χ3v) is 21.0. The molecule has 41 nitrogen and oxygen atoms in total. The molecule has 1 saturated heterocycles. The molecule has 114 heavy (non-hydrogen) atoms. The predicted octanol–water partition coefficient (Wildman–Crippen LogP) is -6.62. The van der Waals surface area contributed by atoms with Gasteiger partial charge in [0.1, 0.15) is 47.9 Å². The Morgan fingerprint density at radius 2 is 1.21 bits per heavy atom. The third kappa shape index (κ3) is 31.1. The van der Waals surface area contributed by atoms with E-state index in [0.29, 0.717) is 144 Å². The van der Waals surface area contributed by atoms with Gasteiger partial charge in [0.05, 0.1) is 208 Å². The topological polar surface area (TPSA) is 556 Å². The second-order valence-corrected chi connectivity index (χ2v) is 29.6. The van der Waals surface area contributed by atoms with Gasteiger partial charge in [-0.1, -0.05) is 27.2 Å². The summed E-state index contributed by atoms with van der Waals surface area (Å²) in [5.41, 5.74) is 12.8. The van der Waals surface area contributed by atoms with Gasteiger partial charge in [-0.25, -0.2) is 0 Å². The van der Waals surface area contributed by atoms with E-state index in [1.54, 1.807) is 18.9 Å². The average Bonchev–Trinajstić information content (AvgIpc) is 1.61. The molecule has 1 aromatic carbocycles. The van der Waals surface area contributed by atoms with Crippen LogP contribution in [0.4, 0.5) is 0 Å². The van der Waals surface area contributed by atoms with Crippen molar-refractivity contribution >= 4 is 92.9 Å². The zero-order valence-corrected chi connectivity index (χ0v) is 66.1. The van der Waals surface area contributed by atoms with Crippen molar-refractivity contribution in [3.8, 4) is 5.75 Å².